The van der Waals surface area contributed by atoms with E-state index in [9.17, 15) is 28.8 Å². The van der Waals surface area contributed by atoms with Crippen LogP contribution in [-0.2, 0) is 47.6 Å². The van der Waals surface area contributed by atoms with E-state index >= 15 is 0 Å². The van der Waals surface area contributed by atoms with Gasteiger partial charge in [0.2, 0.25) is 18.2 Å². The van der Waals surface area contributed by atoms with E-state index < -0.39 is 78.5 Å². The van der Waals surface area contributed by atoms with E-state index in [-0.39, 0.29) is 27.6 Å². The van der Waals surface area contributed by atoms with Gasteiger partial charge in [-0.25, -0.2) is 0 Å². The highest BCUT2D eigenvalue weighted by Gasteiger charge is 2.54. The third-order valence-corrected chi connectivity index (χ3v) is 6.12. The average molecular weight is 613 g/mol. The van der Waals surface area contributed by atoms with E-state index in [2.05, 4.69) is 0 Å². The summed E-state index contributed by atoms with van der Waals surface area (Å²) in [7, 11) is 0. The number of esters is 4. The zero-order valence-electron chi connectivity index (χ0n) is 22.3. The largest absolute Gasteiger partial charge is 0.463 e. The van der Waals surface area contributed by atoms with Crippen molar-refractivity contribution in [3.05, 3.63) is 57.3 Å². The highest BCUT2D eigenvalue weighted by Crippen LogP contribution is 2.35. The predicted octanol–water partition coefficient (Wildman–Crippen LogP) is 3.13. The molecule has 0 amide bonds. The minimum absolute atomic E-state index is 0.0304. The Kier molecular flexibility index (Phi) is 10.7. The van der Waals surface area contributed by atoms with Crippen LogP contribution in [0.2, 0.25) is 0 Å². The number of ether oxygens (including phenoxy) is 6. The van der Waals surface area contributed by atoms with Gasteiger partial charge in [0, 0.05) is 45.2 Å². The summed E-state index contributed by atoms with van der Waals surface area (Å²) >= 11 is 11.5. The molecule has 2 aliphatic rings. The molecule has 0 aromatic heterocycles. The molecule has 1 aromatic carbocycles. The number of benzene rings is 1. The molecule has 12 nitrogen and oxygen atoms in total. The fourth-order valence-electron chi connectivity index (χ4n) is 4.29. The quantitative estimate of drug-likeness (QED) is 0.297. The fourth-order valence-corrected chi connectivity index (χ4v) is 4.45. The van der Waals surface area contributed by atoms with Crippen molar-refractivity contribution in [2.45, 2.75) is 64.8 Å². The van der Waals surface area contributed by atoms with E-state index in [0.29, 0.717) is 0 Å². The SMILES string of the molecule is CC(=O)OC[C@H]1O[C@@H](OC2=C(CC=C(Cl)Cl)C(=O)c3ccccc3C2=O)[C@@H](OC(C)=O)[C@@H](OC(C)=O)[C@H]1OC(C)=O. The molecule has 0 radical (unpaired) electrons. The van der Waals surface area contributed by atoms with E-state index in [1.807, 2.05) is 0 Å². The second-order valence-corrected chi connectivity index (χ2v) is 9.90. The molecule has 3 rings (SSSR count). The van der Waals surface area contributed by atoms with Crippen LogP contribution in [0.25, 0.3) is 0 Å². The van der Waals surface area contributed by atoms with Gasteiger partial charge in [-0.3, -0.25) is 28.8 Å². The van der Waals surface area contributed by atoms with Crippen LogP contribution in [0.1, 0.15) is 54.8 Å². The fraction of sp³-hybridized carbons (Fsp3) is 0.407. The van der Waals surface area contributed by atoms with Crippen LogP contribution in [0, 0.1) is 0 Å². The van der Waals surface area contributed by atoms with Gasteiger partial charge in [0.25, 0.3) is 0 Å². The summed E-state index contributed by atoms with van der Waals surface area (Å²) in [6, 6.07) is 6.02. The number of fused-ring (bicyclic) bond motifs is 1. The molecular formula is C27H26Cl2O12. The van der Waals surface area contributed by atoms with Gasteiger partial charge in [0.1, 0.15) is 17.2 Å². The first-order chi connectivity index (χ1) is 19.3. The average Bonchev–Trinajstić information content (AvgIpc) is 2.88. The maximum Gasteiger partial charge on any atom is 0.303 e. The smallest absolute Gasteiger partial charge is 0.303 e. The van der Waals surface area contributed by atoms with Gasteiger partial charge in [-0.15, -0.1) is 0 Å². The van der Waals surface area contributed by atoms with E-state index in [1.54, 1.807) is 12.1 Å². The summed E-state index contributed by atoms with van der Waals surface area (Å²) < 4.78 is 32.8. The van der Waals surface area contributed by atoms with Gasteiger partial charge < -0.3 is 28.4 Å². The Morgan fingerprint density at radius 1 is 0.805 bits per heavy atom. The second kappa shape index (κ2) is 13.7. The van der Waals surface area contributed by atoms with Crippen LogP contribution in [0.4, 0.5) is 0 Å². The van der Waals surface area contributed by atoms with Gasteiger partial charge >= 0.3 is 23.9 Å². The lowest BCUT2D eigenvalue weighted by Crippen LogP contribution is -2.63. The second-order valence-electron chi connectivity index (χ2n) is 8.89. The monoisotopic (exact) mass is 612 g/mol. The van der Waals surface area contributed by atoms with E-state index in [1.165, 1.54) is 18.2 Å². The normalized spacial score (nSPS) is 23.6. The Hall–Kier alpha value is -3.74. The van der Waals surface area contributed by atoms with Crippen LogP contribution < -0.4 is 0 Å². The molecule has 0 spiro atoms. The van der Waals surface area contributed by atoms with Gasteiger partial charge in [-0.1, -0.05) is 47.5 Å². The van der Waals surface area contributed by atoms with E-state index in [4.69, 9.17) is 51.6 Å². The lowest BCUT2D eigenvalue weighted by molar-refractivity contribution is -0.299. The molecule has 1 heterocycles. The molecule has 1 aromatic rings. The first-order valence-corrected chi connectivity index (χ1v) is 13.0. The summed E-state index contributed by atoms with van der Waals surface area (Å²) in [5, 5.41) is 0. The topological polar surface area (TPSA) is 158 Å². The molecule has 41 heavy (non-hydrogen) atoms. The van der Waals surface area contributed by atoms with Gasteiger partial charge in [-0.2, -0.15) is 0 Å². The lowest BCUT2D eigenvalue weighted by Gasteiger charge is -2.44. The molecule has 0 N–H and O–H groups in total. The maximum atomic E-state index is 13.6. The first kappa shape index (κ1) is 31.8. The standard InChI is InChI=1S/C27H26Cl2O12/c1-12(30)36-11-19-24(37-13(2)31)25(38-14(3)32)26(39-15(4)33)27(40-19)41-23-18(9-10-20(28)29)21(34)16-7-5-6-8-17(16)22(23)35/h5-8,10,19,24-27H,9,11H2,1-4H3/t19-,24+,25+,26+,27+/m1/s1. The van der Waals surface area contributed by atoms with Gasteiger partial charge in [0.15, 0.2) is 23.8 Å². The summed E-state index contributed by atoms with van der Waals surface area (Å²) in [6.45, 7) is 3.80. The number of carbonyl (C=O) groups is 6. The highest BCUT2D eigenvalue weighted by atomic mass is 35.5. The van der Waals surface area contributed by atoms with Crippen molar-refractivity contribution in [2.75, 3.05) is 6.61 Å². The highest BCUT2D eigenvalue weighted by molar-refractivity contribution is 6.55. The molecule has 1 fully saturated rings. The van der Waals surface area contributed by atoms with E-state index in [0.717, 1.165) is 27.7 Å². The minimum atomic E-state index is -1.72. The van der Waals surface area contributed by atoms with Crippen molar-refractivity contribution >= 4 is 58.6 Å². The van der Waals surface area contributed by atoms with Gasteiger partial charge in [-0.05, 0) is 6.08 Å². The van der Waals surface area contributed by atoms with Crippen molar-refractivity contribution in [2.24, 2.45) is 0 Å². The molecule has 0 saturated carbocycles. The molecule has 0 bridgehead atoms. The number of carbonyl (C=O) groups excluding carboxylic acids is 6. The summed E-state index contributed by atoms with van der Waals surface area (Å²) in [4.78, 5) is 74.6. The zero-order valence-corrected chi connectivity index (χ0v) is 23.9. The Bertz CT molecular complexity index is 1310. The van der Waals surface area contributed by atoms with Crippen molar-refractivity contribution < 1.29 is 57.2 Å². The van der Waals surface area contributed by atoms with Gasteiger partial charge in [0.05, 0.1) is 5.57 Å². The summed E-state index contributed by atoms with van der Waals surface area (Å²) in [6.07, 6.45) is -6.59. The number of Topliss-reactive ketones (excluding diaryl/α,β-unsaturated/α-hetero) is 2. The third kappa shape index (κ3) is 7.93. The lowest BCUT2D eigenvalue weighted by atomic mass is 9.86. The van der Waals surface area contributed by atoms with Crippen LogP contribution in [-0.4, -0.2) is 72.8 Å². The molecule has 5 atom stereocenters. The van der Waals surface area contributed by atoms with Crippen molar-refractivity contribution in [1.82, 2.24) is 0 Å². The zero-order chi connectivity index (χ0) is 30.4. The predicted molar refractivity (Wildman–Crippen MR) is 140 cm³/mol. The molecular weight excluding hydrogens is 587 g/mol. The molecule has 0 unspecified atom stereocenters. The molecule has 1 aliphatic carbocycles. The maximum absolute atomic E-state index is 13.6. The molecule has 1 saturated heterocycles. The number of ketones is 2. The number of halogens is 2. The molecule has 220 valence electrons. The Morgan fingerprint density at radius 2 is 1.34 bits per heavy atom. The first-order valence-electron chi connectivity index (χ1n) is 12.2. The number of rotatable bonds is 9. The number of hydrogen-bond acceptors (Lipinski definition) is 12. The van der Waals surface area contributed by atoms with Crippen LogP contribution in [0.3, 0.4) is 0 Å². The van der Waals surface area contributed by atoms with Crippen molar-refractivity contribution in [3.8, 4) is 0 Å². The Balaban J connectivity index is 2.15. The molecule has 14 heteroatoms. The van der Waals surface area contributed by atoms with Crippen LogP contribution in [0.5, 0.6) is 0 Å². The third-order valence-electron chi connectivity index (χ3n) is 5.81. The molecule has 1 aliphatic heterocycles. The van der Waals surface area contributed by atoms with Crippen LogP contribution >= 0.6 is 23.2 Å². The number of hydrogen-bond donors (Lipinski definition) is 0. The summed E-state index contributed by atoms with van der Waals surface area (Å²) in [5.74, 6) is -4.99. The van der Waals surface area contributed by atoms with Crippen LogP contribution in [0.15, 0.2) is 46.2 Å². The Labute approximate surface area is 244 Å². The minimum Gasteiger partial charge on any atom is -0.463 e. The van der Waals surface area contributed by atoms with Crippen molar-refractivity contribution in [1.29, 1.82) is 0 Å². The van der Waals surface area contributed by atoms with Crippen molar-refractivity contribution in [3.63, 3.8) is 0 Å². The summed E-state index contributed by atoms with van der Waals surface area (Å²) in [5.41, 5.74) is 0.00341. The number of allylic oxidation sites excluding steroid dienone is 3. The Morgan fingerprint density at radius 3 is 1.88 bits per heavy atom.